The van der Waals surface area contributed by atoms with Gasteiger partial charge in [-0.25, -0.2) is 0 Å². The second-order valence-corrected chi connectivity index (χ2v) is 17.5. The highest BCUT2D eigenvalue weighted by Crippen LogP contribution is 2.68. The fourth-order valence-corrected chi connectivity index (χ4v) is 12.2. The lowest BCUT2D eigenvalue weighted by molar-refractivity contribution is 0.631. The second kappa shape index (κ2) is 11.9. The maximum atomic E-state index is 2.57. The topological polar surface area (TPSA) is 3.24 Å². The lowest BCUT2D eigenvalue weighted by Gasteiger charge is -2.49. The molecule has 0 atom stereocenters. The van der Waals surface area contributed by atoms with Crippen molar-refractivity contribution in [1.82, 2.24) is 0 Å². The smallest absolute Gasteiger partial charge is 0.0720 e. The molecule has 0 unspecified atom stereocenters. The molecule has 0 N–H and O–H groups in total. The third-order valence-corrected chi connectivity index (χ3v) is 14.5. The van der Waals surface area contributed by atoms with E-state index in [0.29, 0.717) is 0 Å². The zero-order chi connectivity index (χ0) is 39.8. The van der Waals surface area contributed by atoms with Crippen LogP contribution in [0.4, 0.5) is 17.1 Å². The van der Waals surface area contributed by atoms with Gasteiger partial charge in [-0.15, -0.1) is 0 Å². The molecule has 0 saturated heterocycles. The van der Waals surface area contributed by atoms with Crippen LogP contribution in [0.3, 0.4) is 0 Å². The Kier molecular flexibility index (Phi) is 6.71. The van der Waals surface area contributed by atoms with Gasteiger partial charge in [-0.05, 0) is 108 Å². The minimum absolute atomic E-state index is 0.215. The van der Waals surface area contributed by atoms with E-state index >= 15 is 0 Å². The Morgan fingerprint density at radius 1 is 0.283 bits per heavy atom. The van der Waals surface area contributed by atoms with Crippen LogP contribution < -0.4 is 4.90 Å². The molecule has 1 heterocycles. The Morgan fingerprint density at radius 3 is 1.30 bits per heavy atom. The first-order valence-electron chi connectivity index (χ1n) is 21.3. The van der Waals surface area contributed by atoms with Crippen LogP contribution in [0.5, 0.6) is 0 Å². The van der Waals surface area contributed by atoms with Gasteiger partial charge in [0.25, 0.3) is 0 Å². The molecule has 60 heavy (non-hydrogen) atoms. The van der Waals surface area contributed by atoms with E-state index in [1.807, 2.05) is 0 Å². The molecular formula is C59H41N. The fourth-order valence-electron chi connectivity index (χ4n) is 12.2. The van der Waals surface area contributed by atoms with Crippen molar-refractivity contribution in [3.8, 4) is 33.4 Å². The molecule has 3 aliphatic carbocycles. The Labute approximate surface area is 351 Å². The number of fused-ring (bicyclic) bond motifs is 18. The summed E-state index contributed by atoms with van der Waals surface area (Å²) in [7, 11) is 0. The van der Waals surface area contributed by atoms with Crippen molar-refractivity contribution >= 4 is 17.1 Å². The minimum atomic E-state index is -0.554. The average Bonchev–Trinajstić information content (AvgIpc) is 3.78. The van der Waals surface area contributed by atoms with E-state index in [4.69, 9.17) is 0 Å². The van der Waals surface area contributed by atoms with Gasteiger partial charge in [-0.1, -0.05) is 202 Å². The molecule has 9 aromatic rings. The third-order valence-electron chi connectivity index (χ3n) is 14.5. The number of hydrogen-bond acceptors (Lipinski definition) is 1. The highest BCUT2D eigenvalue weighted by molar-refractivity contribution is 6.01. The molecule has 282 valence electrons. The Bertz CT molecular complexity index is 3160. The molecule has 2 spiro atoms. The van der Waals surface area contributed by atoms with Gasteiger partial charge in [0.15, 0.2) is 0 Å². The van der Waals surface area contributed by atoms with Gasteiger partial charge in [0.2, 0.25) is 0 Å². The SMILES string of the molecule is CC1(C)c2ccccc2N(c2cccc3c2-c2ccccc2C32c3ccccc3C3(c4ccccc4-c4ccccc43)c3ccccc32)c2ccc(-c3ccccc3)cc21. The van der Waals surface area contributed by atoms with E-state index in [1.54, 1.807) is 0 Å². The molecule has 13 rings (SSSR count). The van der Waals surface area contributed by atoms with E-state index in [2.05, 4.69) is 231 Å². The van der Waals surface area contributed by atoms with Gasteiger partial charge in [0.05, 0.1) is 27.9 Å². The van der Waals surface area contributed by atoms with Gasteiger partial charge >= 0.3 is 0 Å². The predicted molar refractivity (Wildman–Crippen MR) is 247 cm³/mol. The van der Waals surface area contributed by atoms with Crippen LogP contribution in [0.2, 0.25) is 0 Å². The first-order chi connectivity index (χ1) is 29.6. The van der Waals surface area contributed by atoms with Gasteiger partial charge in [0, 0.05) is 11.0 Å². The van der Waals surface area contributed by atoms with E-state index in [1.165, 1.54) is 106 Å². The molecule has 1 aliphatic heterocycles. The van der Waals surface area contributed by atoms with Crippen LogP contribution in [-0.2, 0) is 16.2 Å². The van der Waals surface area contributed by atoms with E-state index in [-0.39, 0.29) is 5.41 Å². The van der Waals surface area contributed by atoms with Gasteiger partial charge in [0.1, 0.15) is 0 Å². The van der Waals surface area contributed by atoms with Crippen molar-refractivity contribution in [2.45, 2.75) is 30.1 Å². The summed E-state index contributed by atoms with van der Waals surface area (Å²) in [5.41, 5.74) is 23.6. The van der Waals surface area contributed by atoms with Crippen molar-refractivity contribution in [3.63, 3.8) is 0 Å². The van der Waals surface area contributed by atoms with E-state index < -0.39 is 10.8 Å². The number of benzene rings is 9. The summed E-state index contributed by atoms with van der Waals surface area (Å²) in [6, 6.07) is 80.4. The summed E-state index contributed by atoms with van der Waals surface area (Å²) in [4.78, 5) is 2.57. The van der Waals surface area contributed by atoms with Crippen molar-refractivity contribution in [1.29, 1.82) is 0 Å². The summed E-state index contributed by atoms with van der Waals surface area (Å²) in [6.07, 6.45) is 0. The fraction of sp³-hybridized carbons (Fsp3) is 0.0847. The molecular weight excluding hydrogens is 723 g/mol. The zero-order valence-electron chi connectivity index (χ0n) is 33.7. The molecule has 0 radical (unpaired) electrons. The molecule has 0 aromatic heterocycles. The number of hydrogen-bond donors (Lipinski definition) is 0. The predicted octanol–water partition coefficient (Wildman–Crippen LogP) is 14.5. The van der Waals surface area contributed by atoms with Gasteiger partial charge < -0.3 is 4.90 Å². The molecule has 9 aromatic carbocycles. The Morgan fingerprint density at radius 2 is 0.700 bits per heavy atom. The van der Waals surface area contributed by atoms with Crippen molar-refractivity contribution in [3.05, 3.63) is 268 Å². The number of para-hydroxylation sites is 1. The standard InChI is InChI=1S/C59H41N/c1-57(2)50-31-16-17-33-53(50)60(54-36-35-39(37-52(54)57)38-19-4-3-5-20-38)55-34-18-32-51-56(55)42-23-8-11-26-45(42)59(51)48-29-14-12-27-46(48)58(47-28-13-15-30-49(47)59)43-24-9-6-21-40(43)41-22-7-10-25-44(41)58/h3-37H,1-2H3. The zero-order valence-corrected chi connectivity index (χ0v) is 33.7. The molecule has 4 aliphatic rings. The van der Waals surface area contributed by atoms with E-state index in [0.717, 1.165) is 0 Å². The molecule has 0 bridgehead atoms. The van der Waals surface area contributed by atoms with Crippen molar-refractivity contribution in [2.75, 3.05) is 4.90 Å². The summed E-state index contributed by atoms with van der Waals surface area (Å²) in [5.74, 6) is 0. The maximum absolute atomic E-state index is 2.57. The highest BCUT2D eigenvalue weighted by atomic mass is 15.2. The van der Waals surface area contributed by atoms with E-state index in [9.17, 15) is 0 Å². The lowest BCUT2D eigenvalue weighted by atomic mass is 9.52. The summed E-state index contributed by atoms with van der Waals surface area (Å²) in [6.45, 7) is 4.78. The van der Waals surface area contributed by atoms with Crippen LogP contribution in [0.25, 0.3) is 33.4 Å². The quantitative estimate of drug-likeness (QED) is 0.169. The molecule has 0 amide bonds. The Balaban J connectivity index is 1.13. The first-order valence-corrected chi connectivity index (χ1v) is 21.3. The maximum Gasteiger partial charge on any atom is 0.0720 e. The van der Waals surface area contributed by atoms with Crippen LogP contribution in [0.1, 0.15) is 69.5 Å². The molecule has 1 heteroatoms. The van der Waals surface area contributed by atoms with Crippen LogP contribution in [-0.4, -0.2) is 0 Å². The van der Waals surface area contributed by atoms with Crippen LogP contribution in [0, 0.1) is 0 Å². The monoisotopic (exact) mass is 763 g/mol. The molecule has 1 nitrogen and oxygen atoms in total. The summed E-state index contributed by atoms with van der Waals surface area (Å²) in [5, 5.41) is 0. The number of nitrogens with zero attached hydrogens (tertiary/aromatic N) is 1. The Hall–Kier alpha value is -7.22. The van der Waals surface area contributed by atoms with Crippen molar-refractivity contribution in [2.24, 2.45) is 0 Å². The third kappa shape index (κ3) is 3.98. The normalized spacial score (nSPS) is 15.9. The van der Waals surface area contributed by atoms with Crippen LogP contribution >= 0.6 is 0 Å². The largest absolute Gasteiger partial charge is 0.309 e. The molecule has 0 saturated carbocycles. The molecule has 0 fully saturated rings. The summed E-state index contributed by atoms with van der Waals surface area (Å²) < 4.78 is 0. The van der Waals surface area contributed by atoms with Gasteiger partial charge in [-0.2, -0.15) is 0 Å². The number of anilines is 3. The average molecular weight is 764 g/mol. The minimum Gasteiger partial charge on any atom is -0.309 e. The summed E-state index contributed by atoms with van der Waals surface area (Å²) >= 11 is 0. The first kappa shape index (κ1) is 33.7. The lowest BCUT2D eigenvalue weighted by Crippen LogP contribution is -2.43. The second-order valence-electron chi connectivity index (χ2n) is 17.5. The van der Waals surface area contributed by atoms with Crippen molar-refractivity contribution < 1.29 is 0 Å². The highest BCUT2D eigenvalue weighted by Gasteiger charge is 2.59. The number of rotatable bonds is 2. The van der Waals surface area contributed by atoms with Gasteiger partial charge in [-0.3, -0.25) is 0 Å². The van der Waals surface area contributed by atoms with Crippen LogP contribution in [0.15, 0.2) is 212 Å².